The molecule has 1 saturated carbocycles. The van der Waals surface area contributed by atoms with E-state index in [4.69, 9.17) is 5.73 Å². The van der Waals surface area contributed by atoms with E-state index < -0.39 is 0 Å². The summed E-state index contributed by atoms with van der Waals surface area (Å²) in [4.78, 5) is 2.72. The topological polar surface area (TPSA) is 29.3 Å². The van der Waals surface area contributed by atoms with E-state index in [9.17, 15) is 0 Å². The van der Waals surface area contributed by atoms with Crippen LogP contribution in [-0.4, -0.2) is 17.5 Å². The van der Waals surface area contributed by atoms with Gasteiger partial charge in [0.2, 0.25) is 0 Å². The molecule has 2 atom stereocenters. The van der Waals surface area contributed by atoms with Crippen molar-refractivity contribution in [3.8, 4) is 0 Å². The van der Waals surface area contributed by atoms with Gasteiger partial charge in [-0.05, 0) is 49.3 Å². The Morgan fingerprint density at radius 2 is 1.83 bits per heavy atom. The van der Waals surface area contributed by atoms with E-state index in [0.717, 1.165) is 18.5 Å². The first kappa shape index (κ1) is 12.2. The monoisotopic (exact) mass is 244 g/mol. The van der Waals surface area contributed by atoms with Crippen LogP contribution in [0.5, 0.6) is 0 Å². The lowest BCUT2D eigenvalue weighted by Gasteiger charge is -2.38. The number of piperidine rings is 1. The zero-order chi connectivity index (χ0) is 12.4. The number of likely N-dealkylation sites (tertiary alicyclic amines) is 1. The average Bonchev–Trinajstić information content (AvgIpc) is 2.89. The number of rotatable bonds is 3. The molecule has 2 N–H and O–H groups in total. The summed E-state index contributed by atoms with van der Waals surface area (Å²) < 4.78 is 0. The van der Waals surface area contributed by atoms with Gasteiger partial charge >= 0.3 is 0 Å². The van der Waals surface area contributed by atoms with Crippen LogP contribution in [0.2, 0.25) is 0 Å². The molecule has 0 amide bonds. The molecule has 0 aromatic heterocycles. The van der Waals surface area contributed by atoms with Crippen LogP contribution in [0.1, 0.15) is 43.2 Å². The Morgan fingerprint density at radius 3 is 2.67 bits per heavy atom. The summed E-state index contributed by atoms with van der Waals surface area (Å²) in [5.41, 5.74) is 8.60. The molecule has 18 heavy (non-hydrogen) atoms. The first-order valence-electron chi connectivity index (χ1n) is 7.39. The van der Waals surface area contributed by atoms with E-state index in [1.54, 1.807) is 0 Å². The van der Waals surface area contributed by atoms with Crippen molar-refractivity contribution in [3.05, 3.63) is 35.4 Å². The van der Waals surface area contributed by atoms with Gasteiger partial charge in [0.15, 0.2) is 0 Å². The Hall–Kier alpha value is -0.860. The molecule has 1 heterocycles. The maximum atomic E-state index is 5.84. The van der Waals surface area contributed by atoms with Gasteiger partial charge in [0.25, 0.3) is 0 Å². The van der Waals surface area contributed by atoms with E-state index in [1.807, 2.05) is 0 Å². The Morgan fingerprint density at radius 1 is 1.06 bits per heavy atom. The fraction of sp³-hybridized carbons (Fsp3) is 0.625. The summed E-state index contributed by atoms with van der Waals surface area (Å²) in [6.45, 7) is 3.05. The summed E-state index contributed by atoms with van der Waals surface area (Å²) in [5, 5.41) is 0. The van der Waals surface area contributed by atoms with E-state index in [2.05, 4.69) is 29.2 Å². The third-order valence-corrected chi connectivity index (χ3v) is 4.82. The van der Waals surface area contributed by atoms with Gasteiger partial charge in [0.05, 0.1) is 0 Å². The van der Waals surface area contributed by atoms with Gasteiger partial charge in [0.1, 0.15) is 0 Å². The zero-order valence-electron chi connectivity index (χ0n) is 11.1. The lowest BCUT2D eigenvalue weighted by Crippen LogP contribution is -2.42. The smallest absolute Gasteiger partial charge is 0.0240 e. The SMILES string of the molecule is NCc1ccccc1CN1CCCC2CCCC21. The van der Waals surface area contributed by atoms with Crippen LogP contribution in [0, 0.1) is 5.92 Å². The molecule has 3 rings (SSSR count). The predicted octanol–water partition coefficient (Wildman–Crippen LogP) is 2.91. The second-order valence-corrected chi connectivity index (χ2v) is 5.84. The van der Waals surface area contributed by atoms with E-state index in [1.165, 1.54) is 49.8 Å². The molecule has 2 nitrogen and oxygen atoms in total. The molecule has 2 heteroatoms. The number of hydrogen-bond acceptors (Lipinski definition) is 2. The molecule has 1 aliphatic carbocycles. The average molecular weight is 244 g/mol. The quantitative estimate of drug-likeness (QED) is 0.886. The number of nitrogens with two attached hydrogens (primary N) is 1. The van der Waals surface area contributed by atoms with Crippen LogP contribution < -0.4 is 5.73 Å². The summed E-state index contributed by atoms with van der Waals surface area (Å²) in [6.07, 6.45) is 7.14. The normalized spacial score (nSPS) is 28.3. The second kappa shape index (κ2) is 5.41. The number of benzene rings is 1. The third kappa shape index (κ3) is 2.32. The molecule has 1 aromatic rings. The van der Waals surface area contributed by atoms with Gasteiger partial charge < -0.3 is 5.73 Å². The van der Waals surface area contributed by atoms with Crippen molar-refractivity contribution >= 4 is 0 Å². The molecular formula is C16H24N2. The summed E-state index contributed by atoms with van der Waals surface area (Å²) in [5.74, 6) is 0.976. The molecule has 0 bridgehead atoms. The highest BCUT2D eigenvalue weighted by molar-refractivity contribution is 5.27. The van der Waals surface area contributed by atoms with Gasteiger partial charge in [0, 0.05) is 19.1 Å². The van der Waals surface area contributed by atoms with Gasteiger partial charge in [-0.2, -0.15) is 0 Å². The van der Waals surface area contributed by atoms with Gasteiger partial charge in [-0.1, -0.05) is 30.7 Å². The van der Waals surface area contributed by atoms with Gasteiger partial charge in [-0.25, -0.2) is 0 Å². The van der Waals surface area contributed by atoms with E-state index in [0.29, 0.717) is 6.54 Å². The molecule has 1 saturated heterocycles. The third-order valence-electron chi connectivity index (χ3n) is 4.82. The molecule has 1 aromatic carbocycles. The minimum Gasteiger partial charge on any atom is -0.326 e. The zero-order valence-corrected chi connectivity index (χ0v) is 11.1. The molecule has 98 valence electrons. The molecule has 2 aliphatic rings. The minimum atomic E-state index is 0.665. The maximum Gasteiger partial charge on any atom is 0.0240 e. The van der Waals surface area contributed by atoms with Crippen molar-refractivity contribution in [2.45, 2.75) is 51.2 Å². The van der Waals surface area contributed by atoms with Crippen molar-refractivity contribution < 1.29 is 0 Å². The Labute approximate surface area is 110 Å². The molecule has 0 radical (unpaired) electrons. The Kier molecular flexibility index (Phi) is 3.67. The predicted molar refractivity (Wildman–Crippen MR) is 75.1 cm³/mol. The van der Waals surface area contributed by atoms with Gasteiger partial charge in [-0.15, -0.1) is 0 Å². The highest BCUT2D eigenvalue weighted by Crippen LogP contribution is 2.37. The Bertz CT molecular complexity index is 402. The molecular weight excluding hydrogens is 220 g/mol. The highest BCUT2D eigenvalue weighted by atomic mass is 15.2. The second-order valence-electron chi connectivity index (χ2n) is 5.84. The van der Waals surface area contributed by atoms with E-state index in [-0.39, 0.29) is 0 Å². The molecule has 2 fully saturated rings. The van der Waals surface area contributed by atoms with Crippen LogP contribution in [0.15, 0.2) is 24.3 Å². The number of hydrogen-bond donors (Lipinski definition) is 1. The van der Waals surface area contributed by atoms with Crippen molar-refractivity contribution in [3.63, 3.8) is 0 Å². The van der Waals surface area contributed by atoms with Crippen molar-refractivity contribution in [1.29, 1.82) is 0 Å². The Balaban J connectivity index is 1.75. The lowest BCUT2D eigenvalue weighted by atomic mass is 9.91. The van der Waals surface area contributed by atoms with Crippen LogP contribution >= 0.6 is 0 Å². The number of nitrogens with zero attached hydrogens (tertiary/aromatic N) is 1. The summed E-state index contributed by atoms with van der Waals surface area (Å²) in [6, 6.07) is 9.52. The minimum absolute atomic E-state index is 0.665. The van der Waals surface area contributed by atoms with Crippen molar-refractivity contribution in [2.24, 2.45) is 11.7 Å². The lowest BCUT2D eigenvalue weighted by molar-refractivity contribution is 0.105. The standard InChI is InChI=1S/C16H24N2/c17-11-14-5-1-2-6-15(14)12-18-10-4-8-13-7-3-9-16(13)18/h1-2,5-6,13,16H,3-4,7-12,17H2. The van der Waals surface area contributed by atoms with Crippen molar-refractivity contribution in [2.75, 3.05) is 6.54 Å². The highest BCUT2D eigenvalue weighted by Gasteiger charge is 2.34. The first-order chi connectivity index (χ1) is 8.88. The van der Waals surface area contributed by atoms with E-state index >= 15 is 0 Å². The van der Waals surface area contributed by atoms with Crippen molar-refractivity contribution in [1.82, 2.24) is 4.90 Å². The summed E-state index contributed by atoms with van der Waals surface area (Å²) in [7, 11) is 0. The largest absolute Gasteiger partial charge is 0.326 e. The fourth-order valence-electron chi connectivity index (χ4n) is 3.88. The molecule has 1 aliphatic heterocycles. The van der Waals surface area contributed by atoms with Crippen LogP contribution in [0.3, 0.4) is 0 Å². The maximum absolute atomic E-state index is 5.84. The van der Waals surface area contributed by atoms with Crippen LogP contribution in [0.4, 0.5) is 0 Å². The van der Waals surface area contributed by atoms with Crippen LogP contribution in [0.25, 0.3) is 0 Å². The van der Waals surface area contributed by atoms with Crippen LogP contribution in [-0.2, 0) is 13.1 Å². The first-order valence-corrected chi connectivity index (χ1v) is 7.39. The fourth-order valence-corrected chi connectivity index (χ4v) is 3.88. The molecule has 2 unspecified atom stereocenters. The molecule has 0 spiro atoms. The summed E-state index contributed by atoms with van der Waals surface area (Å²) >= 11 is 0. The van der Waals surface area contributed by atoms with Gasteiger partial charge in [-0.3, -0.25) is 4.90 Å². The number of fused-ring (bicyclic) bond motifs is 1.